The lowest BCUT2D eigenvalue weighted by Crippen LogP contribution is -2.06. The van der Waals surface area contributed by atoms with Crippen LogP contribution in [0.5, 0.6) is 5.75 Å². The predicted octanol–water partition coefficient (Wildman–Crippen LogP) is 7.00. The first-order chi connectivity index (χ1) is 15.0. The Morgan fingerprint density at radius 3 is 2.29 bits per heavy atom. The Balaban J connectivity index is 0.000000884. The lowest BCUT2D eigenvalue weighted by molar-refractivity contribution is -0.106. The van der Waals surface area contributed by atoms with Gasteiger partial charge in [0.15, 0.2) is 0 Å². The summed E-state index contributed by atoms with van der Waals surface area (Å²) < 4.78 is 6.52. The normalized spacial score (nSPS) is 10.5. The number of carbonyl (C=O) groups excluding carboxylic acids is 1. The van der Waals surface area contributed by atoms with Gasteiger partial charge in [-0.15, -0.1) is 0 Å². The molecule has 0 saturated heterocycles. The Bertz CT molecular complexity index is 933. The van der Waals surface area contributed by atoms with Crippen molar-refractivity contribution in [1.82, 2.24) is 0 Å². The van der Waals surface area contributed by atoms with Crippen LogP contribution in [-0.4, -0.2) is 13.5 Å². The van der Waals surface area contributed by atoms with Crippen LogP contribution in [0, 0.1) is 0 Å². The van der Waals surface area contributed by atoms with E-state index < -0.39 is 0 Å². The Morgan fingerprint density at radius 1 is 1.10 bits per heavy atom. The van der Waals surface area contributed by atoms with Gasteiger partial charge in [0.2, 0.25) is 6.41 Å². The van der Waals surface area contributed by atoms with Gasteiger partial charge < -0.3 is 15.8 Å². The molecule has 166 valence electrons. The van der Waals surface area contributed by atoms with Crippen LogP contribution in [0.1, 0.15) is 43.4 Å². The second-order valence-electron chi connectivity index (χ2n) is 6.31. The molecule has 0 radical (unpaired) electrons. The van der Waals surface area contributed by atoms with Crippen molar-refractivity contribution in [1.29, 1.82) is 0 Å². The van der Waals surface area contributed by atoms with E-state index in [2.05, 4.69) is 70.3 Å². The fraction of sp³-hybridized carbons (Fsp3) is 0.240. The van der Waals surface area contributed by atoms with E-state index in [-0.39, 0.29) is 12.3 Å². The molecule has 0 saturated carbocycles. The van der Waals surface area contributed by atoms with Crippen molar-refractivity contribution < 1.29 is 9.53 Å². The molecule has 0 bridgehead atoms. The van der Waals surface area contributed by atoms with Gasteiger partial charge in [-0.3, -0.25) is 4.79 Å². The molecule has 1 atom stereocenters. The molecular formula is C25H30BrClN2O2. The standard InChI is InChI=1S/C22H21BrClNO.C2H6.CH3NO/c1-15(16-7-9-18(23)10-8-16)20-13-19(26-2)11-12-22(20)25-14-17-5-3-4-6-21(17)24;1-2;2-1-3/h3-13,15,25H,14H2,1-2H3;1-2H3;1H,(H2,2,3). The summed E-state index contributed by atoms with van der Waals surface area (Å²) in [5, 5.41) is 4.31. The molecule has 0 aromatic heterocycles. The maximum Gasteiger partial charge on any atom is 0.204 e. The lowest BCUT2D eigenvalue weighted by atomic mass is 9.91. The molecular weight excluding hydrogens is 476 g/mol. The SMILES string of the molecule is CC.COc1ccc(NCc2ccccc2Cl)c(C(C)c2ccc(Br)cc2)c1.NC=O. The number of hydrogen-bond acceptors (Lipinski definition) is 3. The quantitative estimate of drug-likeness (QED) is 0.354. The highest BCUT2D eigenvalue weighted by molar-refractivity contribution is 9.10. The fourth-order valence-electron chi connectivity index (χ4n) is 2.95. The Labute approximate surface area is 198 Å². The molecule has 0 aliphatic rings. The second-order valence-corrected chi connectivity index (χ2v) is 7.63. The molecule has 0 aliphatic carbocycles. The van der Waals surface area contributed by atoms with Gasteiger partial charge in [-0.2, -0.15) is 0 Å². The smallest absolute Gasteiger partial charge is 0.204 e. The van der Waals surface area contributed by atoms with E-state index in [1.54, 1.807) is 7.11 Å². The molecule has 3 aromatic rings. The van der Waals surface area contributed by atoms with Crippen LogP contribution >= 0.6 is 27.5 Å². The fourth-order valence-corrected chi connectivity index (χ4v) is 3.42. The topological polar surface area (TPSA) is 64.3 Å². The molecule has 3 aromatic carbocycles. The van der Waals surface area contributed by atoms with Crippen molar-refractivity contribution >= 4 is 39.6 Å². The second kappa shape index (κ2) is 14.5. The molecule has 0 spiro atoms. The molecule has 4 nitrogen and oxygen atoms in total. The lowest BCUT2D eigenvalue weighted by Gasteiger charge is -2.20. The summed E-state index contributed by atoms with van der Waals surface area (Å²) in [6.45, 7) is 6.88. The van der Waals surface area contributed by atoms with Crippen LogP contribution in [0.4, 0.5) is 5.69 Å². The summed E-state index contributed by atoms with van der Waals surface area (Å²) in [5.41, 5.74) is 8.77. The zero-order valence-electron chi connectivity index (χ0n) is 18.4. The number of rotatable bonds is 6. The average Bonchev–Trinajstić information content (AvgIpc) is 2.80. The zero-order chi connectivity index (χ0) is 23.2. The van der Waals surface area contributed by atoms with Crippen LogP contribution in [0.2, 0.25) is 5.02 Å². The van der Waals surface area contributed by atoms with Crippen LogP contribution < -0.4 is 15.8 Å². The maximum atomic E-state index is 8.58. The molecule has 1 amide bonds. The van der Waals surface area contributed by atoms with E-state index in [0.29, 0.717) is 6.54 Å². The predicted molar refractivity (Wildman–Crippen MR) is 135 cm³/mol. The number of anilines is 1. The van der Waals surface area contributed by atoms with E-state index >= 15 is 0 Å². The van der Waals surface area contributed by atoms with Gasteiger partial charge in [0.05, 0.1) is 7.11 Å². The number of hydrogen-bond donors (Lipinski definition) is 2. The Hall–Kier alpha value is -2.50. The van der Waals surface area contributed by atoms with Crippen LogP contribution in [0.15, 0.2) is 71.2 Å². The number of methoxy groups -OCH3 is 1. The van der Waals surface area contributed by atoms with E-state index in [4.69, 9.17) is 21.1 Å². The van der Waals surface area contributed by atoms with Gasteiger partial charge >= 0.3 is 0 Å². The summed E-state index contributed by atoms with van der Waals surface area (Å²) in [7, 11) is 1.69. The van der Waals surface area contributed by atoms with Crippen LogP contribution in [0.3, 0.4) is 0 Å². The number of nitrogens with one attached hydrogen (secondary N) is 1. The molecule has 31 heavy (non-hydrogen) atoms. The first-order valence-corrected chi connectivity index (χ1v) is 11.2. The van der Waals surface area contributed by atoms with Crippen LogP contribution in [-0.2, 0) is 11.3 Å². The first-order valence-electron chi connectivity index (χ1n) is 10.1. The van der Waals surface area contributed by atoms with E-state index in [1.165, 1.54) is 11.1 Å². The van der Waals surface area contributed by atoms with E-state index in [0.717, 1.165) is 26.5 Å². The summed E-state index contributed by atoms with van der Waals surface area (Å²) in [5.74, 6) is 1.08. The molecule has 3 N–H and O–H groups in total. The van der Waals surface area contributed by atoms with Crippen molar-refractivity contribution in [3.63, 3.8) is 0 Å². The van der Waals surface area contributed by atoms with Crippen molar-refractivity contribution in [3.05, 3.63) is 92.9 Å². The molecule has 0 heterocycles. The van der Waals surface area contributed by atoms with E-state index in [1.807, 2.05) is 44.2 Å². The number of ether oxygens (including phenoxy) is 1. The first kappa shape index (κ1) is 26.5. The van der Waals surface area contributed by atoms with Gasteiger partial charge in [-0.25, -0.2) is 0 Å². The highest BCUT2D eigenvalue weighted by atomic mass is 79.9. The number of benzene rings is 3. The molecule has 6 heteroatoms. The minimum Gasteiger partial charge on any atom is -0.497 e. The van der Waals surface area contributed by atoms with Gasteiger partial charge in [-0.05, 0) is 53.1 Å². The summed E-state index contributed by atoms with van der Waals surface area (Å²) in [6, 6.07) is 22.5. The van der Waals surface area contributed by atoms with Gasteiger partial charge in [0.1, 0.15) is 5.75 Å². The molecule has 0 fully saturated rings. The van der Waals surface area contributed by atoms with Crippen molar-refractivity contribution in [3.8, 4) is 5.75 Å². The van der Waals surface area contributed by atoms with Gasteiger partial charge in [-0.1, -0.05) is 78.6 Å². The minimum atomic E-state index is 0.229. The summed E-state index contributed by atoms with van der Waals surface area (Å²) in [6.07, 6.45) is 0.250. The number of primary amides is 1. The van der Waals surface area contributed by atoms with Crippen molar-refractivity contribution in [2.24, 2.45) is 5.73 Å². The van der Waals surface area contributed by atoms with E-state index in [9.17, 15) is 0 Å². The number of halogens is 2. The Morgan fingerprint density at radius 2 is 1.71 bits per heavy atom. The molecule has 3 rings (SSSR count). The van der Waals surface area contributed by atoms with Gasteiger partial charge in [0.25, 0.3) is 0 Å². The number of amides is 1. The highest BCUT2D eigenvalue weighted by Crippen LogP contribution is 2.34. The number of carbonyl (C=O) groups is 1. The zero-order valence-corrected chi connectivity index (χ0v) is 20.7. The average molecular weight is 506 g/mol. The van der Waals surface area contributed by atoms with Crippen molar-refractivity contribution in [2.75, 3.05) is 12.4 Å². The third-order valence-corrected chi connectivity index (χ3v) is 5.42. The highest BCUT2D eigenvalue weighted by Gasteiger charge is 2.14. The molecule has 0 aliphatic heterocycles. The molecule has 1 unspecified atom stereocenters. The third-order valence-electron chi connectivity index (χ3n) is 4.52. The van der Waals surface area contributed by atoms with Gasteiger partial charge in [0, 0.05) is 27.6 Å². The third kappa shape index (κ3) is 8.27. The summed E-state index contributed by atoms with van der Waals surface area (Å²) in [4.78, 5) is 8.58. The Kier molecular flexibility index (Phi) is 12.4. The van der Waals surface area contributed by atoms with Crippen LogP contribution in [0.25, 0.3) is 0 Å². The monoisotopic (exact) mass is 504 g/mol. The largest absolute Gasteiger partial charge is 0.497 e. The summed E-state index contributed by atoms with van der Waals surface area (Å²) >= 11 is 9.79. The minimum absolute atomic E-state index is 0.229. The van der Waals surface area contributed by atoms with Crippen molar-refractivity contribution in [2.45, 2.75) is 33.2 Å². The maximum absolute atomic E-state index is 8.58. The number of nitrogens with two attached hydrogens (primary N) is 1.